The maximum absolute atomic E-state index is 12.5. The lowest BCUT2D eigenvalue weighted by atomic mass is 10.1. The van der Waals surface area contributed by atoms with E-state index in [1.165, 1.54) is 38.5 Å². The van der Waals surface area contributed by atoms with E-state index in [4.69, 9.17) is 19.1 Å². The Kier molecular flexibility index (Phi) is 37.9. The van der Waals surface area contributed by atoms with Gasteiger partial charge in [0.25, 0.3) is 0 Å². The number of esters is 2. The van der Waals surface area contributed by atoms with E-state index in [1.54, 1.807) is 0 Å². The molecule has 2 unspecified atom stereocenters. The van der Waals surface area contributed by atoms with E-state index in [-0.39, 0.29) is 19.4 Å². The molecule has 0 aliphatic rings. The van der Waals surface area contributed by atoms with Crippen molar-refractivity contribution in [2.24, 2.45) is 0 Å². The van der Waals surface area contributed by atoms with Crippen LogP contribution in [0.25, 0.3) is 0 Å². The molecule has 0 aliphatic carbocycles. The molecule has 0 radical (unpaired) electrons. The number of aliphatic hydroxyl groups is 2. The Morgan fingerprint density at radius 3 is 1.64 bits per heavy atom. The van der Waals surface area contributed by atoms with Crippen molar-refractivity contribution in [1.29, 1.82) is 0 Å². The fraction of sp³-hybridized carbons (Fsp3) is 0.600. The van der Waals surface area contributed by atoms with E-state index >= 15 is 0 Å². The standard InChI is InChI=1S/C45H73O10P/c1-3-5-7-9-11-13-15-17-18-19-20-21-22-23-25-26-28-30-32-34-36-44(48)52-40-43(41-54-56(50,51)53-39-42(47)38-46)55-45(49)37-35-33-31-29-27-24-16-14-12-10-8-6-4-2/h5-8,10-14,16-18,24,27,29,31,42-43,46-47H,3-4,9,15,19-23,25-26,28,30,32-41H2,1-2H3,(H,50,51)/b7-5+,8-6+,12-10+,13-11+,16-14+,18-17+,27-24+,31-29+/t42-,43?/m1/s1. The van der Waals surface area contributed by atoms with Gasteiger partial charge in [-0.1, -0.05) is 162 Å². The van der Waals surface area contributed by atoms with E-state index in [0.29, 0.717) is 19.3 Å². The molecule has 3 N–H and O–H groups in total. The zero-order valence-electron chi connectivity index (χ0n) is 34.3. The Labute approximate surface area is 338 Å². The van der Waals surface area contributed by atoms with Crippen molar-refractivity contribution < 1.29 is 47.8 Å². The van der Waals surface area contributed by atoms with Crippen LogP contribution in [-0.2, 0) is 32.7 Å². The van der Waals surface area contributed by atoms with Gasteiger partial charge in [-0.15, -0.1) is 0 Å². The summed E-state index contributed by atoms with van der Waals surface area (Å²) >= 11 is 0. The van der Waals surface area contributed by atoms with Gasteiger partial charge >= 0.3 is 19.8 Å². The number of carbonyl (C=O) groups excluding carboxylic acids is 2. The molecule has 0 rings (SSSR count). The monoisotopic (exact) mass is 804 g/mol. The fourth-order valence-electron chi connectivity index (χ4n) is 4.98. The molecule has 56 heavy (non-hydrogen) atoms. The van der Waals surface area contributed by atoms with Crippen LogP contribution in [0.3, 0.4) is 0 Å². The number of aliphatic hydroxyl groups excluding tert-OH is 2. The molecule has 0 saturated heterocycles. The Balaban J connectivity index is 4.37. The smallest absolute Gasteiger partial charge is 0.462 e. The van der Waals surface area contributed by atoms with Crippen molar-refractivity contribution >= 4 is 19.8 Å². The summed E-state index contributed by atoms with van der Waals surface area (Å²) in [4.78, 5) is 34.9. The summed E-state index contributed by atoms with van der Waals surface area (Å²) in [6.07, 6.45) is 48.2. The van der Waals surface area contributed by atoms with Crippen molar-refractivity contribution in [3.63, 3.8) is 0 Å². The molecule has 0 saturated carbocycles. The second-order valence-electron chi connectivity index (χ2n) is 13.4. The predicted octanol–water partition coefficient (Wildman–Crippen LogP) is 10.8. The first kappa shape index (κ1) is 52.9. The third-order valence-electron chi connectivity index (χ3n) is 8.11. The Morgan fingerprint density at radius 1 is 0.554 bits per heavy atom. The van der Waals surface area contributed by atoms with E-state index in [9.17, 15) is 24.2 Å². The number of rotatable bonds is 37. The molecule has 0 spiro atoms. The maximum atomic E-state index is 12.5. The van der Waals surface area contributed by atoms with Crippen LogP contribution in [0.5, 0.6) is 0 Å². The Hall–Kier alpha value is -3.11. The van der Waals surface area contributed by atoms with Crippen LogP contribution >= 0.6 is 7.82 Å². The number of hydrogen-bond acceptors (Lipinski definition) is 9. The molecule has 10 nitrogen and oxygen atoms in total. The summed E-state index contributed by atoms with van der Waals surface area (Å²) < 4.78 is 32.6. The number of allylic oxidation sites excluding steroid dienone is 16. The highest BCUT2D eigenvalue weighted by atomic mass is 31.2. The lowest BCUT2D eigenvalue weighted by Gasteiger charge is -2.20. The molecule has 0 amide bonds. The van der Waals surface area contributed by atoms with Gasteiger partial charge in [0.05, 0.1) is 19.8 Å². The zero-order chi connectivity index (χ0) is 41.2. The van der Waals surface area contributed by atoms with Gasteiger partial charge in [-0.05, 0) is 57.8 Å². The molecule has 3 atom stereocenters. The average molecular weight is 805 g/mol. The number of phosphoric acid groups is 1. The highest BCUT2D eigenvalue weighted by Gasteiger charge is 2.27. The quantitative estimate of drug-likeness (QED) is 0.0182. The molecular formula is C45H73O10P. The summed E-state index contributed by atoms with van der Waals surface area (Å²) in [7, 11) is -4.64. The summed E-state index contributed by atoms with van der Waals surface area (Å²) in [6, 6.07) is 0. The van der Waals surface area contributed by atoms with Crippen LogP contribution in [0, 0.1) is 0 Å². The number of carbonyl (C=O) groups is 2. The molecule has 0 aromatic heterocycles. The van der Waals surface area contributed by atoms with Gasteiger partial charge in [0.1, 0.15) is 12.7 Å². The van der Waals surface area contributed by atoms with Gasteiger partial charge in [0.2, 0.25) is 0 Å². The molecule has 0 aromatic rings. The third kappa shape index (κ3) is 39.1. The van der Waals surface area contributed by atoms with Gasteiger partial charge in [0.15, 0.2) is 6.10 Å². The van der Waals surface area contributed by atoms with Gasteiger partial charge in [-0.25, -0.2) is 4.57 Å². The van der Waals surface area contributed by atoms with Crippen molar-refractivity contribution in [2.75, 3.05) is 26.4 Å². The first-order valence-corrected chi connectivity index (χ1v) is 22.3. The lowest BCUT2D eigenvalue weighted by Crippen LogP contribution is -2.29. The normalized spacial score (nSPS) is 14.9. The van der Waals surface area contributed by atoms with Crippen LogP contribution in [0.15, 0.2) is 97.2 Å². The van der Waals surface area contributed by atoms with Crippen LogP contribution in [-0.4, -0.2) is 65.7 Å². The maximum Gasteiger partial charge on any atom is 0.472 e. The van der Waals surface area contributed by atoms with Gasteiger partial charge in [0, 0.05) is 12.8 Å². The molecule has 0 aromatic carbocycles. The molecule has 318 valence electrons. The SMILES string of the molecule is CC/C=C/C=C/C=C/C=C/C=C/CCCC(=O)OC(COC(=O)CCCCCCCCCCCC/C=C/C/C=C/C/C=C/CC)COP(=O)(O)OC[C@H](O)CO. The van der Waals surface area contributed by atoms with Crippen LogP contribution < -0.4 is 0 Å². The number of ether oxygens (including phenoxy) is 2. The van der Waals surface area contributed by atoms with E-state index in [2.05, 4.69) is 60.9 Å². The topological polar surface area (TPSA) is 149 Å². The minimum absolute atomic E-state index is 0.0815. The first-order valence-electron chi connectivity index (χ1n) is 20.8. The summed E-state index contributed by atoms with van der Waals surface area (Å²) in [5.41, 5.74) is 0. The lowest BCUT2D eigenvalue weighted by molar-refractivity contribution is -0.161. The van der Waals surface area contributed by atoms with Crippen molar-refractivity contribution in [2.45, 2.75) is 148 Å². The Morgan fingerprint density at radius 2 is 1.04 bits per heavy atom. The van der Waals surface area contributed by atoms with E-state index < -0.39 is 51.8 Å². The third-order valence-corrected chi connectivity index (χ3v) is 9.06. The highest BCUT2D eigenvalue weighted by Crippen LogP contribution is 2.43. The first-order chi connectivity index (χ1) is 27.2. The number of unbranched alkanes of at least 4 members (excludes halogenated alkanes) is 11. The van der Waals surface area contributed by atoms with E-state index in [1.807, 2.05) is 54.7 Å². The predicted molar refractivity (Wildman–Crippen MR) is 228 cm³/mol. The van der Waals surface area contributed by atoms with Crippen molar-refractivity contribution in [1.82, 2.24) is 0 Å². The Bertz CT molecular complexity index is 1250. The average Bonchev–Trinajstić information content (AvgIpc) is 3.19. The van der Waals surface area contributed by atoms with Crippen LogP contribution in [0.1, 0.15) is 136 Å². The summed E-state index contributed by atoms with van der Waals surface area (Å²) in [5.74, 6) is -1.03. The van der Waals surface area contributed by atoms with Crippen molar-refractivity contribution in [3.05, 3.63) is 97.2 Å². The summed E-state index contributed by atoms with van der Waals surface area (Å²) in [6.45, 7) is 2.01. The molecule has 0 heterocycles. The highest BCUT2D eigenvalue weighted by molar-refractivity contribution is 7.47. The number of phosphoric ester groups is 1. The van der Waals surface area contributed by atoms with Crippen LogP contribution in [0.2, 0.25) is 0 Å². The zero-order valence-corrected chi connectivity index (χ0v) is 35.2. The molecule has 0 aliphatic heterocycles. The molecule has 0 bridgehead atoms. The molecule has 11 heteroatoms. The second-order valence-corrected chi connectivity index (χ2v) is 14.8. The molecular weight excluding hydrogens is 731 g/mol. The van der Waals surface area contributed by atoms with Gasteiger partial charge < -0.3 is 24.6 Å². The minimum Gasteiger partial charge on any atom is -0.462 e. The minimum atomic E-state index is -4.64. The van der Waals surface area contributed by atoms with Gasteiger partial charge in [-0.2, -0.15) is 0 Å². The largest absolute Gasteiger partial charge is 0.472 e. The summed E-state index contributed by atoms with van der Waals surface area (Å²) in [5, 5.41) is 18.3. The fourth-order valence-corrected chi connectivity index (χ4v) is 5.77. The van der Waals surface area contributed by atoms with Crippen molar-refractivity contribution in [3.8, 4) is 0 Å². The molecule has 0 fully saturated rings. The number of hydrogen-bond donors (Lipinski definition) is 3. The second kappa shape index (κ2) is 40.1. The van der Waals surface area contributed by atoms with Gasteiger partial charge in [-0.3, -0.25) is 18.6 Å². The van der Waals surface area contributed by atoms with Crippen LogP contribution in [0.4, 0.5) is 0 Å². The van der Waals surface area contributed by atoms with E-state index in [0.717, 1.165) is 51.4 Å².